The lowest BCUT2D eigenvalue weighted by atomic mass is 9.90. The predicted molar refractivity (Wildman–Crippen MR) is 323 cm³/mol. The van der Waals surface area contributed by atoms with E-state index in [-0.39, 0.29) is 141 Å². The Morgan fingerprint density at radius 1 is 0.557 bits per heavy atom. The number of nitrogens with one attached hydrogen (secondary N) is 6. The number of ether oxygens (including phenoxy) is 5. The maximum Gasteiger partial charge on any atom is 0.321 e. The van der Waals surface area contributed by atoms with Crippen molar-refractivity contribution in [2.75, 3.05) is 164 Å². The molecule has 1 saturated heterocycles. The minimum Gasteiger partial charge on any atom is -0.508 e. The molecule has 1 fully saturated rings. The Morgan fingerprint density at radius 2 is 1.06 bits per heavy atom. The van der Waals surface area contributed by atoms with E-state index >= 15 is 0 Å². The molecule has 88 heavy (non-hydrogen) atoms. The van der Waals surface area contributed by atoms with Crippen molar-refractivity contribution in [2.24, 2.45) is 10.7 Å². The number of nitrogens with zero attached hydrogens (tertiary/aromatic N) is 5. The normalized spacial score (nSPS) is 14.7. The van der Waals surface area contributed by atoms with Crippen LogP contribution in [0.25, 0.3) is 0 Å². The molecule has 1 unspecified atom stereocenters. The summed E-state index contributed by atoms with van der Waals surface area (Å²) in [5, 5.41) is 54.3. The van der Waals surface area contributed by atoms with Gasteiger partial charge in [0, 0.05) is 91.5 Å². The van der Waals surface area contributed by atoms with E-state index in [0.717, 1.165) is 5.56 Å². The van der Waals surface area contributed by atoms with E-state index in [0.29, 0.717) is 88.9 Å². The molecule has 0 aromatic heterocycles. The summed E-state index contributed by atoms with van der Waals surface area (Å²) < 4.78 is 28.5. The molecule has 2 atom stereocenters. The third kappa shape index (κ3) is 32.1. The number of phenols is 1. The van der Waals surface area contributed by atoms with Crippen molar-refractivity contribution in [3.8, 4) is 11.5 Å². The Hall–Kier alpha value is -8.03. The van der Waals surface area contributed by atoms with Gasteiger partial charge >= 0.3 is 23.9 Å². The Bertz CT molecular complexity index is 2590. The molecule has 3 aromatic rings. The summed E-state index contributed by atoms with van der Waals surface area (Å²) in [7, 11) is 0. The van der Waals surface area contributed by atoms with E-state index in [1.54, 1.807) is 58.0 Å². The molecule has 1 aliphatic rings. The number of carboxylic acids is 3. The summed E-state index contributed by atoms with van der Waals surface area (Å²) in [6.45, 7) is 6.73. The Kier molecular flexibility index (Phi) is 35.2. The van der Waals surface area contributed by atoms with Gasteiger partial charge in [0.15, 0.2) is 5.96 Å². The number of phenolic OH excluding ortho intramolecular Hbond substituents is 1. The molecule has 0 radical (unpaired) electrons. The number of aliphatic imine (C=N–C) groups is 1. The number of rotatable bonds is 39. The van der Waals surface area contributed by atoms with Crippen LogP contribution >= 0.6 is 0 Å². The van der Waals surface area contributed by atoms with Crippen molar-refractivity contribution in [2.45, 2.75) is 44.7 Å². The molecule has 29 heteroatoms. The van der Waals surface area contributed by atoms with Gasteiger partial charge in [-0.25, -0.2) is 4.79 Å². The van der Waals surface area contributed by atoms with Crippen LogP contribution in [0.3, 0.4) is 0 Å². The molecule has 12 N–H and O–H groups in total. The van der Waals surface area contributed by atoms with Crippen LogP contribution in [0.4, 0.5) is 4.79 Å². The number of amides is 6. The fourth-order valence-electron chi connectivity index (χ4n) is 8.86. The minimum atomic E-state index is -1.04. The number of hydrogen-bond donors (Lipinski definition) is 11. The van der Waals surface area contributed by atoms with E-state index in [2.05, 4.69) is 36.9 Å². The van der Waals surface area contributed by atoms with Gasteiger partial charge in [-0.3, -0.25) is 63.5 Å². The second kappa shape index (κ2) is 42.8. The lowest BCUT2D eigenvalue weighted by Crippen LogP contribution is -2.50. The standard InChI is InChI=1S/C59H88N12O17/c1-2-50(73)61-18-19-64-59(83)67-58(60)63-17-7-12-49(56(81)65-39-44-13-15-47(72)16-14-44)66-57(82)55(45-8-4-3-5-9-45)46-10-6-11-48(38-46)88-37-36-87-35-34-86-33-32-85-31-30-84-29-20-62-51(74)40-68-21-23-69(41-52(75)76)25-27-71(43-54(79)80)28-26-70(24-22-68)42-53(77)78/h3-6,8-11,13-16,38,49,55,72H,2,7,12,17-37,39-43H2,1H3,(H,61,73)(H,62,74)(H,65,81)(H,66,82)(H,75,76)(H,77,78)(H,79,80)(H4,60,63,64,67,83)/t49?,55-/m1/s1. The summed E-state index contributed by atoms with van der Waals surface area (Å²) in [4.78, 5) is 110. The number of hydrogen-bond acceptors (Lipinski definition) is 19. The Labute approximate surface area is 512 Å². The molecule has 1 aliphatic heterocycles. The number of carbonyl (C=O) groups is 8. The van der Waals surface area contributed by atoms with E-state index < -0.39 is 47.7 Å². The first kappa shape index (κ1) is 72.4. The first-order valence-electron chi connectivity index (χ1n) is 29.4. The average molecular weight is 1240 g/mol. The maximum atomic E-state index is 14.4. The van der Waals surface area contributed by atoms with Crippen molar-refractivity contribution in [1.82, 2.24) is 51.5 Å². The van der Waals surface area contributed by atoms with Gasteiger partial charge in [-0.2, -0.15) is 0 Å². The van der Waals surface area contributed by atoms with Crippen molar-refractivity contribution in [3.05, 3.63) is 95.6 Å². The number of nitrogens with two attached hydrogens (primary N) is 1. The van der Waals surface area contributed by atoms with Gasteiger partial charge in [-0.1, -0.05) is 61.5 Å². The van der Waals surface area contributed by atoms with Crippen LogP contribution in [0, 0.1) is 0 Å². The highest BCUT2D eigenvalue weighted by Crippen LogP contribution is 2.28. The lowest BCUT2D eigenvalue weighted by molar-refractivity contribution is -0.140. The van der Waals surface area contributed by atoms with Gasteiger partial charge in [-0.15, -0.1) is 0 Å². The van der Waals surface area contributed by atoms with Crippen LogP contribution in [-0.4, -0.2) is 264 Å². The average Bonchev–Trinajstić information content (AvgIpc) is 2.16. The fourth-order valence-corrected chi connectivity index (χ4v) is 8.86. The number of guanidine groups is 1. The highest BCUT2D eigenvalue weighted by molar-refractivity contribution is 5.95. The summed E-state index contributed by atoms with van der Waals surface area (Å²) in [5.74, 6) is -4.83. The van der Waals surface area contributed by atoms with Gasteiger partial charge in [0.25, 0.3) is 0 Å². The van der Waals surface area contributed by atoms with Crippen LogP contribution < -0.4 is 42.4 Å². The summed E-state index contributed by atoms with van der Waals surface area (Å²) >= 11 is 0. The quantitative estimate of drug-likeness (QED) is 0.0191. The molecular weight excluding hydrogens is 1150 g/mol. The van der Waals surface area contributed by atoms with Gasteiger partial charge in [0.2, 0.25) is 23.6 Å². The van der Waals surface area contributed by atoms with Crippen molar-refractivity contribution in [3.63, 3.8) is 0 Å². The number of benzene rings is 3. The molecule has 3 aromatic carbocycles. The first-order valence-corrected chi connectivity index (χ1v) is 29.4. The minimum absolute atomic E-state index is 0.00298. The van der Waals surface area contributed by atoms with Crippen LogP contribution in [0.2, 0.25) is 0 Å². The number of aliphatic carboxylic acids is 3. The van der Waals surface area contributed by atoms with Crippen LogP contribution in [0.15, 0.2) is 83.9 Å². The van der Waals surface area contributed by atoms with Crippen LogP contribution in [0.5, 0.6) is 11.5 Å². The highest BCUT2D eigenvalue weighted by Gasteiger charge is 2.29. The van der Waals surface area contributed by atoms with Gasteiger partial charge in [0.05, 0.1) is 85.0 Å². The molecule has 0 aliphatic carbocycles. The zero-order valence-electron chi connectivity index (χ0n) is 50.1. The van der Waals surface area contributed by atoms with Crippen molar-refractivity contribution in [1.29, 1.82) is 0 Å². The molecule has 29 nitrogen and oxygen atoms in total. The van der Waals surface area contributed by atoms with E-state index in [9.17, 15) is 58.8 Å². The second-order valence-electron chi connectivity index (χ2n) is 20.3. The molecule has 6 amide bonds. The van der Waals surface area contributed by atoms with E-state index in [4.69, 9.17) is 29.4 Å². The zero-order valence-corrected chi connectivity index (χ0v) is 50.1. The monoisotopic (exact) mass is 1240 g/mol. The summed E-state index contributed by atoms with van der Waals surface area (Å²) in [6, 6.07) is 21.0. The third-order valence-corrected chi connectivity index (χ3v) is 13.4. The topological polar surface area (TPSA) is 387 Å². The number of aromatic hydroxyl groups is 1. The fraction of sp³-hybridized carbons (Fsp3) is 0.542. The molecule has 0 saturated carbocycles. The number of urea groups is 1. The predicted octanol–water partition coefficient (Wildman–Crippen LogP) is -0.718. The molecule has 0 spiro atoms. The van der Waals surface area contributed by atoms with Gasteiger partial charge in [0.1, 0.15) is 24.1 Å². The molecule has 486 valence electrons. The third-order valence-electron chi connectivity index (χ3n) is 13.4. The SMILES string of the molecule is CCC(=O)NCCNC(=O)NC(N)=NCCCC(NC(=O)[C@H](c1ccccc1)c1cccc(OCCOCCOCCOCCOCCNC(=O)CN2CCN(CC(=O)O)CCN(CC(=O)O)CCN(CC(=O)O)CC2)c1)C(=O)NCc1ccc(O)cc1. The van der Waals surface area contributed by atoms with E-state index in [1.807, 2.05) is 35.2 Å². The molecule has 1 heterocycles. The number of carboxylic acid groups (broad SMARTS) is 3. The van der Waals surface area contributed by atoms with Crippen LogP contribution in [0.1, 0.15) is 48.8 Å². The highest BCUT2D eigenvalue weighted by atomic mass is 16.6. The van der Waals surface area contributed by atoms with E-state index in [1.165, 1.54) is 12.1 Å². The molecule has 4 rings (SSSR count). The molecule has 0 bridgehead atoms. The summed E-state index contributed by atoms with van der Waals surface area (Å²) in [5.41, 5.74) is 7.95. The maximum absolute atomic E-state index is 14.4. The van der Waals surface area contributed by atoms with Crippen molar-refractivity contribution >= 4 is 53.5 Å². The van der Waals surface area contributed by atoms with Crippen LogP contribution in [-0.2, 0) is 59.1 Å². The lowest BCUT2D eigenvalue weighted by Gasteiger charge is -2.32. The van der Waals surface area contributed by atoms with Crippen molar-refractivity contribution < 1.29 is 82.5 Å². The van der Waals surface area contributed by atoms with Gasteiger partial charge in [-0.05, 0) is 53.8 Å². The summed E-state index contributed by atoms with van der Waals surface area (Å²) in [6.07, 6.45) is 0.785. The van der Waals surface area contributed by atoms with Gasteiger partial charge < -0.3 is 76.4 Å². The first-order chi connectivity index (χ1) is 42.5. The number of carbonyl (C=O) groups excluding carboxylic acids is 5. The largest absolute Gasteiger partial charge is 0.508 e. The smallest absolute Gasteiger partial charge is 0.321 e. The zero-order chi connectivity index (χ0) is 63.7. The second-order valence-corrected chi connectivity index (χ2v) is 20.3. The Balaban J connectivity index is 1.15. The Morgan fingerprint density at radius 3 is 1.60 bits per heavy atom. The molecular formula is C59H88N12O17.